The topological polar surface area (TPSA) is 0 Å². The van der Waals surface area contributed by atoms with Gasteiger partial charge in [-0.05, 0) is 55.8 Å². The van der Waals surface area contributed by atoms with Gasteiger partial charge in [0.05, 0.1) is 0 Å². The summed E-state index contributed by atoms with van der Waals surface area (Å²) in [5.74, 6) is 4.56. The molecular weight excluding hydrogens is 132 g/mol. The Morgan fingerprint density at radius 2 is 2.00 bits per heavy atom. The van der Waals surface area contributed by atoms with E-state index in [0.29, 0.717) is 0 Å². The van der Waals surface area contributed by atoms with Gasteiger partial charge in [0, 0.05) is 0 Å². The molecule has 4 aliphatic carbocycles. The second-order valence-electron chi connectivity index (χ2n) is 4.85. The minimum atomic E-state index is 1.11. The van der Waals surface area contributed by atoms with Crippen LogP contribution in [-0.2, 0) is 0 Å². The van der Waals surface area contributed by atoms with Gasteiger partial charge in [-0.3, -0.25) is 0 Å². The molecule has 0 radical (unpaired) electrons. The standard InChI is InChI=1S/C11H14/c1-2-6-8-4-5-9-7(3-1)10(6)11(8)9/h6,8-9,11H,1-5H2. The minimum absolute atomic E-state index is 1.11. The van der Waals surface area contributed by atoms with Crippen LogP contribution >= 0.6 is 0 Å². The summed E-state index contributed by atoms with van der Waals surface area (Å²) in [6, 6.07) is 0. The Hall–Kier alpha value is -0.260. The van der Waals surface area contributed by atoms with Crippen molar-refractivity contribution >= 4 is 0 Å². The van der Waals surface area contributed by atoms with E-state index in [1.165, 1.54) is 18.8 Å². The average Bonchev–Trinajstić information content (AvgIpc) is 2.22. The second kappa shape index (κ2) is 1.44. The molecule has 0 bridgehead atoms. The molecule has 58 valence electrons. The van der Waals surface area contributed by atoms with Gasteiger partial charge in [-0.15, -0.1) is 0 Å². The van der Waals surface area contributed by atoms with Crippen LogP contribution in [0.1, 0.15) is 32.1 Å². The molecule has 0 amide bonds. The number of hydrogen-bond acceptors (Lipinski definition) is 0. The lowest BCUT2D eigenvalue weighted by Gasteiger charge is -2.58. The van der Waals surface area contributed by atoms with Gasteiger partial charge < -0.3 is 0 Å². The first-order valence-electron chi connectivity index (χ1n) is 5.19. The van der Waals surface area contributed by atoms with Gasteiger partial charge in [-0.2, -0.15) is 0 Å². The Balaban J connectivity index is 1.92. The van der Waals surface area contributed by atoms with Crippen molar-refractivity contribution in [2.75, 3.05) is 0 Å². The van der Waals surface area contributed by atoms with Gasteiger partial charge in [0.15, 0.2) is 0 Å². The van der Waals surface area contributed by atoms with Gasteiger partial charge in [0.1, 0.15) is 0 Å². The second-order valence-corrected chi connectivity index (χ2v) is 4.85. The summed E-state index contributed by atoms with van der Waals surface area (Å²) < 4.78 is 0. The largest absolute Gasteiger partial charge is 0.0667 e. The van der Waals surface area contributed by atoms with E-state index in [-0.39, 0.29) is 0 Å². The summed E-state index contributed by atoms with van der Waals surface area (Å²) >= 11 is 0. The summed E-state index contributed by atoms with van der Waals surface area (Å²) in [6.07, 6.45) is 7.69. The van der Waals surface area contributed by atoms with E-state index in [1.807, 2.05) is 11.1 Å². The van der Waals surface area contributed by atoms with Crippen molar-refractivity contribution < 1.29 is 0 Å². The minimum Gasteiger partial charge on any atom is -0.0667 e. The zero-order valence-corrected chi connectivity index (χ0v) is 6.84. The average molecular weight is 146 g/mol. The van der Waals surface area contributed by atoms with Crippen molar-refractivity contribution in [2.24, 2.45) is 23.7 Å². The van der Waals surface area contributed by atoms with Crippen LogP contribution in [0, 0.1) is 23.7 Å². The summed E-state index contributed by atoms with van der Waals surface area (Å²) in [4.78, 5) is 0. The SMILES string of the molecule is C1CC2=C3C(C1)C1CCC2C31. The molecule has 4 unspecified atom stereocenters. The highest BCUT2D eigenvalue weighted by atomic mass is 14.7. The fourth-order valence-corrected chi connectivity index (χ4v) is 4.46. The maximum Gasteiger partial charge on any atom is -0.00977 e. The Labute approximate surface area is 67.7 Å². The summed E-state index contributed by atoms with van der Waals surface area (Å²) in [7, 11) is 0. The number of allylic oxidation sites excluding steroid dienone is 2. The van der Waals surface area contributed by atoms with E-state index in [0.717, 1.165) is 17.8 Å². The molecule has 0 aromatic carbocycles. The highest BCUT2D eigenvalue weighted by Crippen LogP contribution is 2.71. The molecule has 11 heavy (non-hydrogen) atoms. The molecule has 4 aliphatic rings. The number of fused-ring (bicyclic) bond motifs is 2. The predicted octanol–water partition coefficient (Wildman–Crippen LogP) is 2.75. The molecule has 0 aliphatic heterocycles. The zero-order chi connectivity index (χ0) is 7.00. The Morgan fingerprint density at radius 3 is 3.00 bits per heavy atom. The number of rotatable bonds is 0. The van der Waals surface area contributed by atoms with Crippen LogP contribution < -0.4 is 0 Å². The molecule has 0 aromatic rings. The lowest BCUT2D eigenvalue weighted by Crippen LogP contribution is -2.49. The predicted molar refractivity (Wildman–Crippen MR) is 44.1 cm³/mol. The van der Waals surface area contributed by atoms with Crippen LogP contribution in [0.4, 0.5) is 0 Å². The van der Waals surface area contributed by atoms with Crippen molar-refractivity contribution in [1.29, 1.82) is 0 Å². The first kappa shape index (κ1) is 5.40. The summed E-state index contributed by atoms with van der Waals surface area (Å²) in [5, 5.41) is 0. The van der Waals surface area contributed by atoms with E-state index in [1.54, 1.807) is 19.3 Å². The van der Waals surface area contributed by atoms with Crippen molar-refractivity contribution in [3.8, 4) is 0 Å². The lowest BCUT2D eigenvalue weighted by atomic mass is 9.47. The third kappa shape index (κ3) is 0.389. The zero-order valence-electron chi connectivity index (χ0n) is 6.84. The molecular formula is C11H14. The first-order chi connectivity index (χ1) is 5.47. The van der Waals surface area contributed by atoms with Crippen LogP contribution in [0.3, 0.4) is 0 Å². The van der Waals surface area contributed by atoms with Gasteiger partial charge >= 0.3 is 0 Å². The summed E-state index contributed by atoms with van der Waals surface area (Å²) in [6.45, 7) is 0. The van der Waals surface area contributed by atoms with E-state index in [2.05, 4.69) is 0 Å². The third-order valence-corrected chi connectivity index (χ3v) is 4.76. The molecule has 4 rings (SSSR count). The maximum atomic E-state index is 1.98. The lowest BCUT2D eigenvalue weighted by molar-refractivity contribution is 0.109. The van der Waals surface area contributed by atoms with Crippen LogP contribution in [-0.4, -0.2) is 0 Å². The van der Waals surface area contributed by atoms with E-state index < -0.39 is 0 Å². The fourth-order valence-electron chi connectivity index (χ4n) is 4.46. The molecule has 0 heterocycles. The highest BCUT2D eigenvalue weighted by molar-refractivity contribution is 5.46. The van der Waals surface area contributed by atoms with E-state index in [9.17, 15) is 0 Å². The van der Waals surface area contributed by atoms with Gasteiger partial charge in [0.25, 0.3) is 0 Å². The smallest absolute Gasteiger partial charge is 0.00977 e. The quantitative estimate of drug-likeness (QED) is 0.461. The monoisotopic (exact) mass is 146 g/mol. The van der Waals surface area contributed by atoms with Gasteiger partial charge in [0.2, 0.25) is 0 Å². The molecule has 0 spiro atoms. The van der Waals surface area contributed by atoms with Gasteiger partial charge in [-0.1, -0.05) is 11.1 Å². The molecule has 2 fully saturated rings. The van der Waals surface area contributed by atoms with Crippen molar-refractivity contribution in [3.05, 3.63) is 11.1 Å². The van der Waals surface area contributed by atoms with E-state index >= 15 is 0 Å². The molecule has 2 saturated carbocycles. The molecule has 0 saturated heterocycles. The molecule has 0 nitrogen and oxygen atoms in total. The fraction of sp³-hybridized carbons (Fsp3) is 0.818. The Bertz CT molecular complexity index is 255. The summed E-state index contributed by atoms with van der Waals surface area (Å²) in [5.41, 5.74) is 3.92. The maximum absolute atomic E-state index is 1.98. The normalized spacial score (nSPS) is 56.7. The van der Waals surface area contributed by atoms with Gasteiger partial charge in [-0.25, -0.2) is 0 Å². The molecule has 0 heteroatoms. The van der Waals surface area contributed by atoms with Crippen LogP contribution in [0.2, 0.25) is 0 Å². The molecule has 4 atom stereocenters. The van der Waals surface area contributed by atoms with Crippen LogP contribution in [0.15, 0.2) is 11.1 Å². The van der Waals surface area contributed by atoms with Crippen LogP contribution in [0.5, 0.6) is 0 Å². The van der Waals surface area contributed by atoms with Crippen molar-refractivity contribution in [2.45, 2.75) is 32.1 Å². The van der Waals surface area contributed by atoms with Crippen molar-refractivity contribution in [3.63, 3.8) is 0 Å². The third-order valence-electron chi connectivity index (χ3n) is 4.76. The Morgan fingerprint density at radius 1 is 1.00 bits per heavy atom. The molecule has 0 aromatic heterocycles. The first-order valence-corrected chi connectivity index (χ1v) is 5.19. The highest BCUT2D eigenvalue weighted by Gasteiger charge is 2.61. The van der Waals surface area contributed by atoms with Crippen molar-refractivity contribution in [1.82, 2.24) is 0 Å². The number of hydrogen-bond donors (Lipinski definition) is 0. The molecule has 0 N–H and O–H groups in total. The Kier molecular flexibility index (Phi) is 0.706. The van der Waals surface area contributed by atoms with Crippen LogP contribution in [0.25, 0.3) is 0 Å². The van der Waals surface area contributed by atoms with E-state index in [4.69, 9.17) is 0 Å².